The van der Waals surface area contributed by atoms with E-state index in [0.29, 0.717) is 6.04 Å². The zero-order valence-electron chi connectivity index (χ0n) is 13.0. The summed E-state index contributed by atoms with van der Waals surface area (Å²) < 4.78 is 0. The highest BCUT2D eigenvalue weighted by molar-refractivity contribution is 7.18. The third-order valence-corrected chi connectivity index (χ3v) is 6.26. The summed E-state index contributed by atoms with van der Waals surface area (Å²) in [5.74, 6) is 0. The third kappa shape index (κ3) is 2.40. The molecular formula is C16H21N5S. The first kappa shape index (κ1) is 14.1. The average molecular weight is 315 g/mol. The monoisotopic (exact) mass is 315 g/mol. The van der Waals surface area contributed by atoms with Crippen LogP contribution in [-0.4, -0.2) is 52.3 Å². The van der Waals surface area contributed by atoms with E-state index in [2.05, 4.69) is 39.1 Å². The Labute approximate surface area is 135 Å². The molecule has 0 aliphatic carbocycles. The van der Waals surface area contributed by atoms with Crippen molar-refractivity contribution in [3.63, 3.8) is 0 Å². The molecule has 0 spiro atoms. The van der Waals surface area contributed by atoms with E-state index in [1.807, 2.05) is 18.2 Å². The molecule has 2 saturated heterocycles. The SMILES string of the molecule is CN(c1nnc(-c2ccccn2)s1)C1CC2CCC(C1)N2C. The quantitative estimate of drug-likeness (QED) is 0.871. The van der Waals surface area contributed by atoms with Crippen molar-refractivity contribution in [1.29, 1.82) is 0 Å². The lowest BCUT2D eigenvalue weighted by Gasteiger charge is -2.40. The summed E-state index contributed by atoms with van der Waals surface area (Å²) in [5.41, 5.74) is 0.906. The van der Waals surface area contributed by atoms with Crippen LogP contribution in [0.4, 0.5) is 5.13 Å². The molecular weight excluding hydrogens is 294 g/mol. The standard InChI is InChI=1S/C16H21N5S/c1-20-11-6-7-12(20)10-13(9-11)21(2)16-19-18-15(22-16)14-5-3-4-8-17-14/h3-5,8,11-13H,6-7,9-10H2,1-2H3. The van der Waals surface area contributed by atoms with Gasteiger partial charge in [-0.2, -0.15) is 0 Å². The first-order valence-corrected chi connectivity index (χ1v) is 8.73. The molecule has 2 aliphatic rings. The molecule has 4 rings (SSSR count). The molecule has 2 unspecified atom stereocenters. The normalized spacial score (nSPS) is 28.0. The van der Waals surface area contributed by atoms with E-state index < -0.39 is 0 Å². The second-order valence-electron chi connectivity index (χ2n) is 6.39. The largest absolute Gasteiger partial charge is 0.347 e. The maximum absolute atomic E-state index is 4.40. The van der Waals surface area contributed by atoms with E-state index in [0.717, 1.165) is 27.9 Å². The van der Waals surface area contributed by atoms with Crippen LogP contribution >= 0.6 is 11.3 Å². The van der Waals surface area contributed by atoms with Gasteiger partial charge in [0, 0.05) is 31.4 Å². The van der Waals surface area contributed by atoms with Crippen molar-refractivity contribution in [1.82, 2.24) is 20.1 Å². The number of aromatic nitrogens is 3. The summed E-state index contributed by atoms with van der Waals surface area (Å²) in [6.07, 6.45) is 6.97. The van der Waals surface area contributed by atoms with E-state index in [-0.39, 0.29) is 0 Å². The van der Waals surface area contributed by atoms with E-state index in [4.69, 9.17) is 0 Å². The van der Waals surface area contributed by atoms with E-state index in [9.17, 15) is 0 Å². The van der Waals surface area contributed by atoms with Crippen LogP contribution in [0.3, 0.4) is 0 Å². The Hall–Kier alpha value is -1.53. The summed E-state index contributed by atoms with van der Waals surface area (Å²) in [4.78, 5) is 9.27. The zero-order valence-corrected chi connectivity index (χ0v) is 13.8. The van der Waals surface area contributed by atoms with Gasteiger partial charge in [0.2, 0.25) is 5.13 Å². The second kappa shape index (κ2) is 5.59. The molecule has 0 radical (unpaired) electrons. The summed E-state index contributed by atoms with van der Waals surface area (Å²) in [6.45, 7) is 0. The molecule has 4 heterocycles. The fourth-order valence-corrected chi connectivity index (χ4v) is 4.66. The summed E-state index contributed by atoms with van der Waals surface area (Å²) >= 11 is 1.64. The highest BCUT2D eigenvalue weighted by atomic mass is 32.1. The van der Waals surface area contributed by atoms with Crippen molar-refractivity contribution in [2.45, 2.75) is 43.8 Å². The van der Waals surface area contributed by atoms with Crippen LogP contribution in [0.5, 0.6) is 0 Å². The van der Waals surface area contributed by atoms with Crippen LogP contribution in [0.25, 0.3) is 10.7 Å². The number of piperidine rings is 1. The molecule has 2 atom stereocenters. The van der Waals surface area contributed by atoms with Crippen molar-refractivity contribution >= 4 is 16.5 Å². The Kier molecular flexibility index (Phi) is 3.58. The van der Waals surface area contributed by atoms with Gasteiger partial charge >= 0.3 is 0 Å². The molecule has 2 aliphatic heterocycles. The Morgan fingerprint density at radius 2 is 1.95 bits per heavy atom. The molecule has 116 valence electrons. The van der Waals surface area contributed by atoms with Gasteiger partial charge < -0.3 is 9.80 Å². The Balaban J connectivity index is 1.52. The number of rotatable bonds is 3. The predicted molar refractivity (Wildman–Crippen MR) is 89.1 cm³/mol. The fourth-order valence-electron chi connectivity index (χ4n) is 3.81. The first-order valence-electron chi connectivity index (χ1n) is 7.92. The smallest absolute Gasteiger partial charge is 0.208 e. The van der Waals surface area contributed by atoms with Gasteiger partial charge in [-0.1, -0.05) is 17.4 Å². The molecule has 2 bridgehead atoms. The number of pyridine rings is 1. The van der Waals surface area contributed by atoms with Gasteiger partial charge in [0.15, 0.2) is 5.01 Å². The van der Waals surface area contributed by atoms with Crippen LogP contribution < -0.4 is 4.90 Å². The molecule has 22 heavy (non-hydrogen) atoms. The Morgan fingerprint density at radius 1 is 1.18 bits per heavy atom. The van der Waals surface area contributed by atoms with Gasteiger partial charge in [0.1, 0.15) is 5.69 Å². The predicted octanol–water partition coefficient (Wildman–Crippen LogP) is 2.66. The topological polar surface area (TPSA) is 45.2 Å². The highest BCUT2D eigenvalue weighted by Gasteiger charge is 2.40. The molecule has 2 aromatic heterocycles. The first-order chi connectivity index (χ1) is 10.7. The average Bonchev–Trinajstić information content (AvgIpc) is 3.10. The van der Waals surface area contributed by atoms with Crippen LogP contribution in [-0.2, 0) is 0 Å². The number of hydrogen-bond donors (Lipinski definition) is 0. The molecule has 0 aromatic carbocycles. The van der Waals surface area contributed by atoms with E-state index >= 15 is 0 Å². The number of fused-ring (bicyclic) bond motifs is 2. The van der Waals surface area contributed by atoms with Crippen LogP contribution in [0.1, 0.15) is 25.7 Å². The van der Waals surface area contributed by atoms with E-state index in [1.54, 1.807) is 17.5 Å². The van der Waals surface area contributed by atoms with Crippen molar-refractivity contribution in [3.8, 4) is 10.7 Å². The third-order valence-electron chi connectivity index (χ3n) is 5.22. The summed E-state index contributed by atoms with van der Waals surface area (Å²) in [5, 5.41) is 10.6. The van der Waals surface area contributed by atoms with Gasteiger partial charge in [-0.15, -0.1) is 10.2 Å². The Bertz CT molecular complexity index is 629. The second-order valence-corrected chi connectivity index (χ2v) is 7.35. The number of nitrogens with zero attached hydrogens (tertiary/aromatic N) is 5. The molecule has 0 amide bonds. The van der Waals surface area contributed by atoms with Crippen molar-refractivity contribution < 1.29 is 0 Å². The van der Waals surface area contributed by atoms with Gasteiger partial charge in [0.25, 0.3) is 0 Å². The minimum atomic E-state index is 0.582. The lowest BCUT2D eigenvalue weighted by Crippen LogP contribution is -2.47. The van der Waals surface area contributed by atoms with Crippen LogP contribution in [0.15, 0.2) is 24.4 Å². The van der Waals surface area contributed by atoms with Crippen molar-refractivity contribution in [2.75, 3.05) is 19.0 Å². The van der Waals surface area contributed by atoms with Crippen molar-refractivity contribution in [2.24, 2.45) is 0 Å². The summed E-state index contributed by atoms with van der Waals surface area (Å²) in [7, 11) is 4.45. The molecule has 5 nitrogen and oxygen atoms in total. The lowest BCUT2D eigenvalue weighted by molar-refractivity contribution is 0.161. The summed E-state index contributed by atoms with van der Waals surface area (Å²) in [6, 6.07) is 7.97. The van der Waals surface area contributed by atoms with E-state index in [1.165, 1.54) is 25.7 Å². The van der Waals surface area contributed by atoms with Gasteiger partial charge in [0.05, 0.1) is 0 Å². The molecule has 2 fully saturated rings. The zero-order chi connectivity index (χ0) is 15.1. The molecule has 0 saturated carbocycles. The van der Waals surface area contributed by atoms with Crippen molar-refractivity contribution in [3.05, 3.63) is 24.4 Å². The van der Waals surface area contributed by atoms with Crippen LogP contribution in [0.2, 0.25) is 0 Å². The molecule has 6 heteroatoms. The number of hydrogen-bond acceptors (Lipinski definition) is 6. The number of anilines is 1. The minimum absolute atomic E-state index is 0.582. The lowest BCUT2D eigenvalue weighted by atomic mass is 9.97. The van der Waals surface area contributed by atoms with Gasteiger partial charge in [-0.3, -0.25) is 4.98 Å². The fraction of sp³-hybridized carbons (Fsp3) is 0.562. The molecule has 0 N–H and O–H groups in total. The molecule has 2 aromatic rings. The maximum Gasteiger partial charge on any atom is 0.208 e. The highest BCUT2D eigenvalue weighted by Crippen LogP contribution is 2.38. The van der Waals surface area contributed by atoms with Gasteiger partial charge in [-0.05, 0) is 44.9 Å². The van der Waals surface area contributed by atoms with Crippen LogP contribution in [0, 0.1) is 0 Å². The minimum Gasteiger partial charge on any atom is -0.347 e. The maximum atomic E-state index is 4.40. The Morgan fingerprint density at radius 3 is 2.64 bits per heavy atom. The van der Waals surface area contributed by atoms with Gasteiger partial charge in [-0.25, -0.2) is 0 Å².